The number of nitrogens with zero attached hydrogens (tertiary/aromatic N) is 4. The third kappa shape index (κ3) is 4.88. The molecule has 2 heterocycles. The maximum atomic E-state index is 12.8. The number of alkyl halides is 3. The lowest BCUT2D eigenvalue weighted by molar-refractivity contribution is -0.137. The van der Waals surface area contributed by atoms with Gasteiger partial charge in [0.05, 0.1) is 34.7 Å². The van der Waals surface area contributed by atoms with Gasteiger partial charge in [0.15, 0.2) is 0 Å². The van der Waals surface area contributed by atoms with E-state index >= 15 is 0 Å². The number of carbonyl (C=O) groups is 1. The van der Waals surface area contributed by atoms with E-state index in [0.717, 1.165) is 12.1 Å². The van der Waals surface area contributed by atoms with Crippen LogP contribution in [-0.2, 0) is 24.1 Å². The first kappa shape index (κ1) is 19.0. The van der Waals surface area contributed by atoms with Gasteiger partial charge in [0.2, 0.25) is 5.91 Å². The number of carbonyl (C=O) groups excluding carboxylic acids is 1. The van der Waals surface area contributed by atoms with Gasteiger partial charge >= 0.3 is 6.18 Å². The van der Waals surface area contributed by atoms with E-state index in [2.05, 4.69) is 15.5 Å². The van der Waals surface area contributed by atoms with Crippen molar-refractivity contribution >= 4 is 23.2 Å². The molecule has 0 aliphatic heterocycles. The summed E-state index contributed by atoms with van der Waals surface area (Å²) in [7, 11) is 0. The summed E-state index contributed by atoms with van der Waals surface area (Å²) < 4.78 is 41.2. The van der Waals surface area contributed by atoms with Crippen LogP contribution in [0.2, 0.25) is 5.02 Å². The Hall–Kier alpha value is -2.81. The molecule has 142 valence electrons. The summed E-state index contributed by atoms with van der Waals surface area (Å²) in [5.74, 6) is -0.326. The van der Waals surface area contributed by atoms with Gasteiger partial charge in [-0.2, -0.15) is 23.4 Å². The zero-order chi connectivity index (χ0) is 19.6. The molecule has 10 heteroatoms. The molecule has 27 heavy (non-hydrogen) atoms. The minimum atomic E-state index is -4.40. The highest BCUT2D eigenvalue weighted by atomic mass is 35.5. The second kappa shape index (κ2) is 7.43. The predicted octanol–water partition coefficient (Wildman–Crippen LogP) is 3.75. The quantitative estimate of drug-likeness (QED) is 0.713. The highest BCUT2D eigenvalue weighted by molar-refractivity contribution is 6.31. The Morgan fingerprint density at radius 2 is 2.04 bits per heavy atom. The Labute approximate surface area is 157 Å². The van der Waals surface area contributed by atoms with Crippen LogP contribution in [0.3, 0.4) is 0 Å². The number of hydrogen-bond donors (Lipinski definition) is 1. The molecule has 0 saturated carbocycles. The number of nitrogens with one attached hydrogen (secondary N) is 1. The summed E-state index contributed by atoms with van der Waals surface area (Å²) in [4.78, 5) is 12.0. The van der Waals surface area contributed by atoms with Gasteiger partial charge in [-0.3, -0.25) is 14.2 Å². The van der Waals surface area contributed by atoms with E-state index in [4.69, 9.17) is 11.6 Å². The molecule has 0 fully saturated rings. The van der Waals surface area contributed by atoms with Crippen LogP contribution in [0.5, 0.6) is 0 Å². The molecule has 0 spiro atoms. The topological polar surface area (TPSA) is 64.7 Å². The summed E-state index contributed by atoms with van der Waals surface area (Å²) in [6.45, 7) is 1.86. The molecule has 0 aliphatic rings. The second-order valence-corrected chi connectivity index (χ2v) is 6.34. The number of anilines is 1. The van der Waals surface area contributed by atoms with Crippen molar-refractivity contribution in [3.8, 4) is 0 Å². The van der Waals surface area contributed by atoms with Crippen molar-refractivity contribution in [1.29, 1.82) is 0 Å². The van der Waals surface area contributed by atoms with Gasteiger partial charge in [0.25, 0.3) is 0 Å². The van der Waals surface area contributed by atoms with Crippen molar-refractivity contribution in [2.45, 2.75) is 26.2 Å². The summed E-state index contributed by atoms with van der Waals surface area (Å²) in [5, 5.41) is 11.3. The standard InChI is InChI=1S/C17H15ClF3N5O/c1-11-15(18)9-26(24-11)10-16(27)23-14-6-22-25(8-14)7-12-3-2-4-13(5-12)17(19,20)21/h2-6,8-9H,7,10H2,1H3,(H,23,27). The SMILES string of the molecule is Cc1nn(CC(=O)Nc2cnn(Cc3cccc(C(F)(F)F)c3)c2)cc1Cl. The van der Waals surface area contributed by atoms with E-state index in [0.29, 0.717) is 22.0 Å². The maximum Gasteiger partial charge on any atom is 0.416 e. The first-order valence-corrected chi connectivity index (χ1v) is 8.26. The molecule has 3 aromatic rings. The van der Waals surface area contributed by atoms with Crippen LogP contribution in [0.15, 0.2) is 42.9 Å². The van der Waals surface area contributed by atoms with E-state index < -0.39 is 11.7 Å². The second-order valence-electron chi connectivity index (χ2n) is 5.93. The molecule has 1 amide bonds. The largest absolute Gasteiger partial charge is 0.416 e. The number of amides is 1. The van der Waals surface area contributed by atoms with Crippen LogP contribution in [0.4, 0.5) is 18.9 Å². The minimum absolute atomic E-state index is 0.0215. The van der Waals surface area contributed by atoms with Gasteiger partial charge in [-0.25, -0.2) is 0 Å². The zero-order valence-electron chi connectivity index (χ0n) is 14.2. The molecular formula is C17H15ClF3N5O. The summed E-state index contributed by atoms with van der Waals surface area (Å²) in [6.07, 6.45) is 0.118. The monoisotopic (exact) mass is 397 g/mol. The lowest BCUT2D eigenvalue weighted by Crippen LogP contribution is -2.18. The number of halogens is 4. The highest BCUT2D eigenvalue weighted by Crippen LogP contribution is 2.29. The average molecular weight is 398 g/mol. The van der Waals surface area contributed by atoms with Crippen molar-refractivity contribution < 1.29 is 18.0 Å². The molecule has 0 aliphatic carbocycles. The lowest BCUT2D eigenvalue weighted by atomic mass is 10.1. The van der Waals surface area contributed by atoms with Gasteiger partial charge in [-0.1, -0.05) is 23.7 Å². The molecule has 0 radical (unpaired) electrons. The van der Waals surface area contributed by atoms with Crippen molar-refractivity contribution in [1.82, 2.24) is 19.6 Å². The van der Waals surface area contributed by atoms with Crippen molar-refractivity contribution in [2.75, 3.05) is 5.32 Å². The molecule has 1 N–H and O–H groups in total. The zero-order valence-corrected chi connectivity index (χ0v) is 14.9. The normalized spacial score (nSPS) is 11.6. The summed E-state index contributed by atoms with van der Waals surface area (Å²) in [5.41, 5.74) is 0.793. The fraction of sp³-hybridized carbons (Fsp3) is 0.235. The Morgan fingerprint density at radius 1 is 1.26 bits per heavy atom. The molecule has 0 unspecified atom stereocenters. The number of aryl methyl sites for hydroxylation is 1. The molecule has 3 rings (SSSR count). The first-order valence-electron chi connectivity index (χ1n) is 7.89. The van der Waals surface area contributed by atoms with E-state index in [-0.39, 0.29) is 19.0 Å². The van der Waals surface area contributed by atoms with Crippen LogP contribution >= 0.6 is 11.6 Å². The third-order valence-corrected chi connectivity index (χ3v) is 4.08. The Kier molecular flexibility index (Phi) is 5.22. The summed E-state index contributed by atoms with van der Waals surface area (Å²) in [6, 6.07) is 5.02. The van der Waals surface area contributed by atoms with Gasteiger partial charge < -0.3 is 5.32 Å². The Morgan fingerprint density at radius 3 is 2.70 bits per heavy atom. The van der Waals surface area contributed by atoms with Crippen LogP contribution in [0.25, 0.3) is 0 Å². The summed E-state index contributed by atoms with van der Waals surface area (Å²) >= 11 is 5.89. The number of rotatable bonds is 5. The number of hydrogen-bond acceptors (Lipinski definition) is 3. The number of benzene rings is 1. The predicted molar refractivity (Wildman–Crippen MR) is 93.4 cm³/mol. The lowest BCUT2D eigenvalue weighted by Gasteiger charge is -2.08. The van der Waals surface area contributed by atoms with Crippen molar-refractivity contribution in [2.24, 2.45) is 0 Å². The molecule has 6 nitrogen and oxygen atoms in total. The Balaban J connectivity index is 1.62. The van der Waals surface area contributed by atoms with Crippen molar-refractivity contribution in [3.63, 3.8) is 0 Å². The fourth-order valence-electron chi connectivity index (χ4n) is 2.47. The van der Waals surface area contributed by atoms with Gasteiger partial charge in [0.1, 0.15) is 6.54 Å². The van der Waals surface area contributed by atoms with Gasteiger partial charge in [0, 0.05) is 12.4 Å². The highest BCUT2D eigenvalue weighted by Gasteiger charge is 2.30. The molecule has 1 aromatic carbocycles. The van der Waals surface area contributed by atoms with Gasteiger partial charge in [-0.05, 0) is 24.6 Å². The van der Waals surface area contributed by atoms with Crippen LogP contribution in [-0.4, -0.2) is 25.5 Å². The Bertz CT molecular complexity index is 944. The van der Waals surface area contributed by atoms with E-state index in [1.807, 2.05) is 0 Å². The first-order chi connectivity index (χ1) is 12.7. The van der Waals surface area contributed by atoms with Crippen LogP contribution in [0.1, 0.15) is 16.8 Å². The van der Waals surface area contributed by atoms with E-state index in [1.165, 1.54) is 21.6 Å². The molecule has 0 atom stereocenters. The fourth-order valence-corrected chi connectivity index (χ4v) is 2.62. The smallest absolute Gasteiger partial charge is 0.322 e. The van der Waals surface area contributed by atoms with Gasteiger partial charge in [-0.15, -0.1) is 0 Å². The molecule has 2 aromatic heterocycles. The molecular weight excluding hydrogens is 383 g/mol. The third-order valence-electron chi connectivity index (χ3n) is 3.71. The van der Waals surface area contributed by atoms with Crippen LogP contribution < -0.4 is 5.32 Å². The molecule has 0 saturated heterocycles. The van der Waals surface area contributed by atoms with E-state index in [1.54, 1.807) is 25.4 Å². The minimum Gasteiger partial charge on any atom is -0.322 e. The maximum absolute atomic E-state index is 12.8. The van der Waals surface area contributed by atoms with Crippen molar-refractivity contribution in [3.05, 3.63) is 64.7 Å². The number of aromatic nitrogens is 4. The van der Waals surface area contributed by atoms with Crippen LogP contribution in [0, 0.1) is 6.92 Å². The molecule has 0 bridgehead atoms. The average Bonchev–Trinajstić information content (AvgIpc) is 3.13. The van der Waals surface area contributed by atoms with E-state index in [9.17, 15) is 18.0 Å².